The average molecular weight is 330 g/mol. The number of piperidine rings is 1. The predicted octanol–water partition coefficient (Wildman–Crippen LogP) is 2.12. The molecule has 2 heterocycles. The van der Waals surface area contributed by atoms with Crippen LogP contribution in [0.2, 0.25) is 0 Å². The molecule has 2 fully saturated rings. The van der Waals surface area contributed by atoms with Crippen molar-refractivity contribution in [2.45, 2.75) is 45.1 Å². The van der Waals surface area contributed by atoms with E-state index in [1.807, 2.05) is 37.1 Å². The number of Topliss-reactive ketones (excluding diaryl/α,β-unsaturated/α-hetero) is 1. The van der Waals surface area contributed by atoms with Gasteiger partial charge in [0, 0.05) is 13.1 Å². The number of nitrogens with one attached hydrogen (secondary N) is 1. The number of hydroxylamine groups is 2. The summed E-state index contributed by atoms with van der Waals surface area (Å²) in [5.74, 6) is -0.298. The summed E-state index contributed by atoms with van der Waals surface area (Å²) in [5.41, 5.74) is 2.93. The van der Waals surface area contributed by atoms with E-state index in [2.05, 4.69) is 5.32 Å². The Hall–Kier alpha value is -1.72. The summed E-state index contributed by atoms with van der Waals surface area (Å²) >= 11 is 0. The van der Waals surface area contributed by atoms with E-state index >= 15 is 0 Å². The number of hydrogen-bond acceptors (Lipinski definition) is 4. The molecule has 130 valence electrons. The summed E-state index contributed by atoms with van der Waals surface area (Å²) in [5, 5.41) is 4.89. The Morgan fingerprint density at radius 1 is 1.21 bits per heavy atom. The van der Waals surface area contributed by atoms with Crippen LogP contribution in [0.1, 0.15) is 41.9 Å². The number of amides is 1. The second-order valence-electron chi connectivity index (χ2n) is 7.05. The molecule has 2 unspecified atom stereocenters. The quantitative estimate of drug-likeness (QED) is 0.859. The van der Waals surface area contributed by atoms with Crippen molar-refractivity contribution in [2.75, 3.05) is 20.2 Å². The molecule has 0 bridgehead atoms. The van der Waals surface area contributed by atoms with E-state index in [9.17, 15) is 9.59 Å². The molecule has 1 N–H and O–H groups in total. The summed E-state index contributed by atoms with van der Waals surface area (Å²) in [7, 11) is 1.69. The van der Waals surface area contributed by atoms with Gasteiger partial charge in [0.25, 0.3) is 0 Å². The first-order valence-corrected chi connectivity index (χ1v) is 8.70. The summed E-state index contributed by atoms with van der Waals surface area (Å²) in [6, 6.07) is 5.62. The third kappa shape index (κ3) is 3.37. The van der Waals surface area contributed by atoms with Crippen molar-refractivity contribution >= 4 is 11.7 Å². The minimum Gasteiger partial charge on any atom is -0.345 e. The third-order valence-corrected chi connectivity index (χ3v) is 5.35. The molecule has 2 aliphatic rings. The number of rotatable bonds is 4. The van der Waals surface area contributed by atoms with E-state index in [1.165, 1.54) is 0 Å². The first-order valence-electron chi connectivity index (χ1n) is 8.70. The van der Waals surface area contributed by atoms with Crippen LogP contribution < -0.4 is 5.32 Å². The van der Waals surface area contributed by atoms with Gasteiger partial charge in [-0.1, -0.05) is 23.8 Å². The lowest BCUT2D eigenvalue weighted by Gasteiger charge is -2.30. The topological polar surface area (TPSA) is 58.6 Å². The number of carbonyl (C=O) groups is 2. The molecule has 24 heavy (non-hydrogen) atoms. The molecule has 5 nitrogen and oxygen atoms in total. The molecule has 2 saturated heterocycles. The number of benzene rings is 1. The predicted molar refractivity (Wildman–Crippen MR) is 91.5 cm³/mol. The van der Waals surface area contributed by atoms with Gasteiger partial charge in [0.2, 0.25) is 5.91 Å². The highest BCUT2D eigenvalue weighted by Gasteiger charge is 2.43. The first-order chi connectivity index (χ1) is 11.5. The van der Waals surface area contributed by atoms with E-state index in [4.69, 9.17) is 4.84 Å². The van der Waals surface area contributed by atoms with Crippen LogP contribution in [0.5, 0.6) is 0 Å². The lowest BCUT2D eigenvalue weighted by atomic mass is 9.85. The van der Waals surface area contributed by atoms with Crippen molar-refractivity contribution in [3.05, 3.63) is 34.9 Å². The zero-order valence-corrected chi connectivity index (χ0v) is 14.7. The van der Waals surface area contributed by atoms with Gasteiger partial charge in [-0.3, -0.25) is 9.59 Å². The Morgan fingerprint density at radius 3 is 2.58 bits per heavy atom. The average Bonchev–Trinajstić information content (AvgIpc) is 2.84. The fourth-order valence-corrected chi connectivity index (χ4v) is 3.86. The van der Waals surface area contributed by atoms with Crippen molar-refractivity contribution < 1.29 is 14.4 Å². The van der Waals surface area contributed by atoms with Gasteiger partial charge < -0.3 is 10.2 Å². The molecule has 1 amide bonds. The van der Waals surface area contributed by atoms with E-state index in [1.54, 1.807) is 7.11 Å². The third-order valence-electron chi connectivity index (χ3n) is 5.35. The molecular weight excluding hydrogens is 304 g/mol. The molecule has 1 aromatic carbocycles. The summed E-state index contributed by atoms with van der Waals surface area (Å²) < 4.78 is 0. The van der Waals surface area contributed by atoms with Gasteiger partial charge in [-0.2, -0.15) is 5.06 Å². The Morgan fingerprint density at radius 2 is 1.92 bits per heavy atom. The number of nitrogens with zero attached hydrogens (tertiary/aromatic N) is 1. The number of ketones is 1. The Balaban J connectivity index is 1.69. The van der Waals surface area contributed by atoms with Crippen LogP contribution in [0.4, 0.5) is 0 Å². The van der Waals surface area contributed by atoms with Gasteiger partial charge in [-0.25, -0.2) is 0 Å². The molecule has 0 radical (unpaired) electrons. The Bertz CT molecular complexity index is 635. The smallest absolute Gasteiger partial charge is 0.235 e. The van der Waals surface area contributed by atoms with Crippen molar-refractivity contribution in [1.29, 1.82) is 0 Å². The zero-order chi connectivity index (χ0) is 17.3. The maximum Gasteiger partial charge on any atom is 0.235 e. The lowest BCUT2D eigenvalue weighted by molar-refractivity contribution is -0.148. The zero-order valence-electron chi connectivity index (χ0n) is 14.7. The summed E-state index contributed by atoms with van der Waals surface area (Å²) in [6.45, 7) is 5.72. The lowest BCUT2D eigenvalue weighted by Crippen LogP contribution is -2.37. The molecule has 0 saturated carbocycles. The maximum atomic E-state index is 12.9. The van der Waals surface area contributed by atoms with Gasteiger partial charge in [-0.05, 0) is 50.2 Å². The van der Waals surface area contributed by atoms with Gasteiger partial charge in [0.1, 0.15) is 5.92 Å². The van der Waals surface area contributed by atoms with E-state index in [0.29, 0.717) is 5.92 Å². The molecule has 0 spiro atoms. The number of carbonyl (C=O) groups excluding carboxylic acids is 2. The standard InChI is InChI=1S/C19H26N2O3/c1-12-4-5-13(2)15(10-12)17-18(22)16(20-19(17)23)11-14-6-8-21(24-3)9-7-14/h4-5,10,14,16-17H,6-9,11H2,1-3H3,(H,20,23). The normalized spacial score (nSPS) is 26.0. The number of hydrogen-bond donors (Lipinski definition) is 1. The highest BCUT2D eigenvalue weighted by molar-refractivity contribution is 6.15. The van der Waals surface area contributed by atoms with Gasteiger partial charge in [-0.15, -0.1) is 0 Å². The largest absolute Gasteiger partial charge is 0.345 e. The Labute approximate surface area is 143 Å². The fraction of sp³-hybridized carbons (Fsp3) is 0.579. The molecule has 3 rings (SSSR count). The molecular formula is C19H26N2O3. The Kier molecular flexibility index (Phi) is 5.01. The van der Waals surface area contributed by atoms with E-state index in [-0.39, 0.29) is 17.7 Å². The molecule has 1 aromatic rings. The molecule has 0 aliphatic carbocycles. The van der Waals surface area contributed by atoms with Crippen LogP contribution in [0.15, 0.2) is 18.2 Å². The fourth-order valence-electron chi connectivity index (χ4n) is 3.86. The van der Waals surface area contributed by atoms with Crippen LogP contribution in [-0.2, 0) is 14.4 Å². The van der Waals surface area contributed by atoms with Crippen LogP contribution in [0, 0.1) is 19.8 Å². The highest BCUT2D eigenvalue weighted by Crippen LogP contribution is 2.31. The molecule has 2 aliphatic heterocycles. The van der Waals surface area contributed by atoms with Crippen LogP contribution in [0.25, 0.3) is 0 Å². The second-order valence-corrected chi connectivity index (χ2v) is 7.05. The van der Waals surface area contributed by atoms with Crippen LogP contribution >= 0.6 is 0 Å². The SMILES string of the molecule is CON1CCC(CC2NC(=O)C(c3cc(C)ccc3C)C2=O)CC1. The van der Waals surface area contributed by atoms with Crippen molar-refractivity contribution in [3.63, 3.8) is 0 Å². The van der Waals surface area contributed by atoms with Crippen LogP contribution in [-0.4, -0.2) is 43.0 Å². The van der Waals surface area contributed by atoms with Gasteiger partial charge in [0.15, 0.2) is 5.78 Å². The van der Waals surface area contributed by atoms with E-state index < -0.39 is 5.92 Å². The second kappa shape index (κ2) is 7.03. The molecule has 5 heteroatoms. The van der Waals surface area contributed by atoms with Crippen molar-refractivity contribution in [2.24, 2.45) is 5.92 Å². The van der Waals surface area contributed by atoms with Gasteiger partial charge in [0.05, 0.1) is 13.2 Å². The van der Waals surface area contributed by atoms with Crippen LogP contribution in [0.3, 0.4) is 0 Å². The summed E-state index contributed by atoms with van der Waals surface area (Å²) in [4.78, 5) is 30.5. The van der Waals surface area contributed by atoms with Crippen molar-refractivity contribution in [1.82, 2.24) is 10.4 Å². The molecule has 2 atom stereocenters. The van der Waals surface area contributed by atoms with Crippen molar-refractivity contribution in [3.8, 4) is 0 Å². The van der Waals surface area contributed by atoms with Gasteiger partial charge >= 0.3 is 0 Å². The first kappa shape index (κ1) is 17.1. The highest BCUT2D eigenvalue weighted by atomic mass is 16.7. The minimum absolute atomic E-state index is 0.0304. The number of aryl methyl sites for hydroxylation is 2. The molecule has 0 aromatic heterocycles. The maximum absolute atomic E-state index is 12.9. The monoisotopic (exact) mass is 330 g/mol. The minimum atomic E-state index is -0.644. The van der Waals surface area contributed by atoms with E-state index in [0.717, 1.165) is 49.0 Å². The summed E-state index contributed by atoms with van der Waals surface area (Å²) in [6.07, 6.45) is 2.74.